The van der Waals surface area contributed by atoms with Crippen LogP contribution in [-0.2, 0) is 21.4 Å². The van der Waals surface area contributed by atoms with Gasteiger partial charge in [-0.25, -0.2) is 18.7 Å². The molecule has 0 saturated heterocycles. The van der Waals surface area contributed by atoms with E-state index >= 15 is 4.39 Å². The Morgan fingerprint density at radius 1 is 0.980 bits per heavy atom. The number of carbonyl (C=O) groups is 3. The Kier molecular flexibility index (Phi) is 9.60. The van der Waals surface area contributed by atoms with Gasteiger partial charge in [0.15, 0.2) is 5.69 Å². The van der Waals surface area contributed by atoms with Crippen LogP contribution in [0.3, 0.4) is 0 Å². The van der Waals surface area contributed by atoms with Gasteiger partial charge in [0.2, 0.25) is 5.82 Å². The first kappa shape index (κ1) is 34.4. The molecule has 14 heteroatoms. The summed E-state index contributed by atoms with van der Waals surface area (Å²) in [6, 6.07) is 16.9. The molecule has 2 heterocycles. The molecule has 0 saturated carbocycles. The highest BCUT2D eigenvalue weighted by molar-refractivity contribution is 5.94. The highest BCUT2D eigenvalue weighted by atomic mass is 19.1. The van der Waals surface area contributed by atoms with Gasteiger partial charge in [0, 0.05) is 17.7 Å². The van der Waals surface area contributed by atoms with Crippen LogP contribution in [0.1, 0.15) is 63.2 Å². The minimum Gasteiger partial charge on any atom is -0.480 e. The van der Waals surface area contributed by atoms with Crippen LogP contribution in [0, 0.1) is 5.82 Å². The number of hydrogen-bond acceptors (Lipinski definition) is 9. The van der Waals surface area contributed by atoms with Gasteiger partial charge in [0.05, 0.1) is 17.4 Å². The van der Waals surface area contributed by atoms with Gasteiger partial charge in [-0.05, 0) is 85.8 Å². The van der Waals surface area contributed by atoms with Gasteiger partial charge in [-0.1, -0.05) is 49.3 Å². The lowest BCUT2D eigenvalue weighted by Crippen LogP contribution is -2.42. The van der Waals surface area contributed by atoms with E-state index in [1.165, 1.54) is 23.0 Å². The number of carboxylic acids is 1. The third-order valence-corrected chi connectivity index (χ3v) is 7.24. The van der Waals surface area contributed by atoms with Crippen LogP contribution in [0.25, 0.3) is 28.5 Å². The van der Waals surface area contributed by atoms with E-state index in [0.29, 0.717) is 22.5 Å². The smallest absolute Gasteiger partial charge is 0.412 e. The monoisotopic (exact) mass is 669 g/mol. The second-order valence-corrected chi connectivity index (χ2v) is 13.4. The SMILES string of the molecule is CC(C)(C)OC(=O)Nc1ccc(-c2nc(-c3ccc(CC(NC(=O)c4cn(-c5ccc(C(C)(C)C)cc5)nn4)C(=O)O)cc3F)no2)cc1. The van der Waals surface area contributed by atoms with Crippen molar-refractivity contribution in [2.75, 3.05) is 5.32 Å². The molecule has 5 aromatic rings. The van der Waals surface area contributed by atoms with Crippen molar-refractivity contribution in [3.8, 4) is 28.5 Å². The lowest BCUT2D eigenvalue weighted by molar-refractivity contribution is -0.139. The van der Waals surface area contributed by atoms with Crippen LogP contribution < -0.4 is 10.6 Å². The molecule has 3 aromatic carbocycles. The fraction of sp³-hybridized carbons (Fsp3) is 0.286. The first-order valence-electron chi connectivity index (χ1n) is 15.4. The fourth-order valence-electron chi connectivity index (χ4n) is 4.71. The van der Waals surface area contributed by atoms with E-state index in [9.17, 15) is 19.5 Å². The Bertz CT molecular complexity index is 1970. The van der Waals surface area contributed by atoms with Crippen molar-refractivity contribution in [1.82, 2.24) is 30.5 Å². The van der Waals surface area contributed by atoms with Crippen LogP contribution in [0.5, 0.6) is 0 Å². The average Bonchev–Trinajstić information content (AvgIpc) is 3.71. The maximum absolute atomic E-state index is 15.2. The normalized spacial score (nSPS) is 12.3. The van der Waals surface area contributed by atoms with Crippen LogP contribution in [-0.4, -0.2) is 59.9 Å². The van der Waals surface area contributed by atoms with Gasteiger partial charge < -0.3 is 19.7 Å². The molecule has 3 N–H and O–H groups in total. The van der Waals surface area contributed by atoms with E-state index in [0.717, 1.165) is 11.6 Å². The highest BCUT2D eigenvalue weighted by Gasteiger charge is 2.24. The van der Waals surface area contributed by atoms with Crippen LogP contribution in [0.15, 0.2) is 77.4 Å². The van der Waals surface area contributed by atoms with Crippen molar-refractivity contribution >= 4 is 23.7 Å². The zero-order valence-corrected chi connectivity index (χ0v) is 27.8. The van der Waals surface area contributed by atoms with Gasteiger partial charge in [0.25, 0.3) is 11.8 Å². The number of aliphatic carboxylic acids is 1. The summed E-state index contributed by atoms with van der Waals surface area (Å²) in [5, 5.41) is 26.7. The second kappa shape index (κ2) is 13.7. The fourth-order valence-corrected chi connectivity index (χ4v) is 4.71. The number of amides is 2. The number of nitrogens with one attached hydrogen (secondary N) is 2. The summed E-state index contributed by atoms with van der Waals surface area (Å²) in [5.41, 5.74) is 2.43. The van der Waals surface area contributed by atoms with Crippen molar-refractivity contribution in [3.63, 3.8) is 0 Å². The number of hydrogen-bond donors (Lipinski definition) is 3. The third-order valence-electron chi connectivity index (χ3n) is 7.24. The summed E-state index contributed by atoms with van der Waals surface area (Å²) in [5.74, 6) is -2.66. The quantitative estimate of drug-likeness (QED) is 0.164. The number of halogens is 1. The zero-order valence-electron chi connectivity index (χ0n) is 27.8. The predicted molar refractivity (Wildman–Crippen MR) is 178 cm³/mol. The van der Waals surface area contributed by atoms with E-state index in [1.54, 1.807) is 45.0 Å². The summed E-state index contributed by atoms with van der Waals surface area (Å²) in [6.45, 7) is 11.6. The molecule has 0 radical (unpaired) electrons. The maximum atomic E-state index is 15.2. The molecule has 0 fully saturated rings. The van der Waals surface area contributed by atoms with E-state index < -0.39 is 35.4 Å². The minimum absolute atomic E-state index is 0.0192. The van der Waals surface area contributed by atoms with E-state index in [-0.39, 0.29) is 34.8 Å². The van der Waals surface area contributed by atoms with Crippen molar-refractivity contribution in [2.45, 2.75) is 65.0 Å². The van der Waals surface area contributed by atoms with E-state index in [1.807, 2.05) is 24.3 Å². The number of anilines is 1. The molecule has 5 rings (SSSR count). The van der Waals surface area contributed by atoms with Crippen molar-refractivity contribution in [3.05, 3.63) is 95.6 Å². The number of nitrogens with zero attached hydrogens (tertiary/aromatic N) is 5. The molecule has 1 unspecified atom stereocenters. The molecule has 0 aliphatic carbocycles. The van der Waals surface area contributed by atoms with Crippen molar-refractivity contribution in [1.29, 1.82) is 0 Å². The first-order valence-corrected chi connectivity index (χ1v) is 15.4. The Morgan fingerprint density at radius 2 is 1.67 bits per heavy atom. The van der Waals surface area contributed by atoms with Crippen LogP contribution in [0.4, 0.5) is 14.9 Å². The number of ether oxygens (including phenoxy) is 1. The number of benzene rings is 3. The number of carboxylic acid groups (broad SMARTS) is 1. The molecule has 0 bridgehead atoms. The Balaban J connectivity index is 1.22. The van der Waals surface area contributed by atoms with E-state index in [2.05, 4.69) is 51.9 Å². The Labute approximate surface area is 281 Å². The van der Waals surface area contributed by atoms with Gasteiger partial charge in [-0.15, -0.1) is 5.10 Å². The molecule has 0 aliphatic heterocycles. The molecule has 0 aliphatic rings. The summed E-state index contributed by atoms with van der Waals surface area (Å²) >= 11 is 0. The molecular weight excluding hydrogens is 633 g/mol. The highest BCUT2D eigenvalue weighted by Crippen LogP contribution is 2.27. The summed E-state index contributed by atoms with van der Waals surface area (Å²) in [7, 11) is 0. The summed E-state index contributed by atoms with van der Waals surface area (Å²) in [4.78, 5) is 41.2. The molecule has 1 atom stereocenters. The number of carbonyl (C=O) groups excluding carboxylic acids is 2. The van der Waals surface area contributed by atoms with Crippen LogP contribution >= 0.6 is 0 Å². The third kappa shape index (κ3) is 8.71. The van der Waals surface area contributed by atoms with Gasteiger partial charge >= 0.3 is 12.1 Å². The van der Waals surface area contributed by atoms with Crippen LogP contribution in [0.2, 0.25) is 0 Å². The molecule has 2 amide bonds. The Hall–Kier alpha value is -5.92. The molecular formula is C35H36FN7O6. The predicted octanol–water partition coefficient (Wildman–Crippen LogP) is 6.19. The maximum Gasteiger partial charge on any atom is 0.412 e. The van der Waals surface area contributed by atoms with Gasteiger partial charge in [-0.3, -0.25) is 10.1 Å². The number of rotatable bonds is 9. The first-order chi connectivity index (χ1) is 23.1. The molecule has 13 nitrogen and oxygen atoms in total. The standard InChI is InChI=1S/C35H36FN7O6/c1-34(2,3)22-10-14-24(15-11-22)43-19-28(40-42-43)30(44)38-27(32(45)46)18-20-7-16-25(26(36)17-20)29-39-31(49-41-29)21-8-12-23(13-9-21)37-33(47)48-35(4,5)6/h7-17,19,27H,18H2,1-6H3,(H,37,47)(H,38,44)(H,45,46). The lowest BCUT2D eigenvalue weighted by Gasteiger charge is -2.19. The summed E-state index contributed by atoms with van der Waals surface area (Å²) < 4.78 is 27.2. The molecule has 0 spiro atoms. The van der Waals surface area contributed by atoms with Crippen molar-refractivity contribution in [2.24, 2.45) is 0 Å². The number of aromatic nitrogens is 5. The van der Waals surface area contributed by atoms with Gasteiger partial charge in [0.1, 0.15) is 17.5 Å². The second-order valence-electron chi connectivity index (χ2n) is 13.4. The summed E-state index contributed by atoms with van der Waals surface area (Å²) in [6.07, 6.45) is 0.601. The zero-order chi connectivity index (χ0) is 35.5. The topological polar surface area (TPSA) is 174 Å². The molecule has 49 heavy (non-hydrogen) atoms. The minimum atomic E-state index is -1.38. The van der Waals surface area contributed by atoms with E-state index in [4.69, 9.17) is 9.26 Å². The average molecular weight is 670 g/mol. The largest absolute Gasteiger partial charge is 0.480 e. The van der Waals surface area contributed by atoms with Crippen molar-refractivity contribution < 1.29 is 33.1 Å². The Morgan fingerprint density at radius 3 is 2.29 bits per heavy atom. The molecule has 254 valence electrons. The molecule has 2 aromatic heterocycles. The van der Waals surface area contributed by atoms with Gasteiger partial charge in [-0.2, -0.15) is 4.98 Å². The lowest BCUT2D eigenvalue weighted by atomic mass is 9.87.